The number of amides is 1. The molecular formula is C28H27FN4O2. The molecule has 1 fully saturated rings. The van der Waals surface area contributed by atoms with Crippen molar-refractivity contribution in [2.24, 2.45) is 0 Å². The van der Waals surface area contributed by atoms with Gasteiger partial charge in [0, 0.05) is 43.9 Å². The molecule has 4 aromatic rings. The standard InChI is InChI=1S/C28H27FN4O2/c1-2-15-33-25-10-6-4-8-23(25)30-26(28(33)35)20-11-13-21(14-12-20)27(34)32-18-16-31(17-19-32)24-9-5-3-7-22(24)29/h3-14H,2,15-19H2,1H3. The number of nitrogens with zero attached hydrogens (tertiary/aromatic N) is 4. The van der Waals surface area contributed by atoms with E-state index in [4.69, 9.17) is 0 Å². The second-order valence-corrected chi connectivity index (χ2v) is 8.71. The number of para-hydroxylation sites is 3. The first-order chi connectivity index (χ1) is 17.1. The Morgan fingerprint density at radius 1 is 0.914 bits per heavy atom. The van der Waals surface area contributed by atoms with Gasteiger partial charge >= 0.3 is 0 Å². The zero-order valence-corrected chi connectivity index (χ0v) is 19.7. The largest absolute Gasteiger partial charge is 0.366 e. The highest BCUT2D eigenvalue weighted by molar-refractivity contribution is 5.95. The molecule has 35 heavy (non-hydrogen) atoms. The summed E-state index contributed by atoms with van der Waals surface area (Å²) in [4.78, 5) is 34.7. The fourth-order valence-electron chi connectivity index (χ4n) is 4.64. The first-order valence-electron chi connectivity index (χ1n) is 12.0. The lowest BCUT2D eigenvalue weighted by Gasteiger charge is -2.36. The highest BCUT2D eigenvalue weighted by Crippen LogP contribution is 2.22. The number of carbonyl (C=O) groups is 1. The molecule has 0 N–H and O–H groups in total. The first-order valence-corrected chi connectivity index (χ1v) is 12.0. The van der Waals surface area contributed by atoms with Crippen molar-refractivity contribution in [2.45, 2.75) is 19.9 Å². The number of piperazine rings is 1. The van der Waals surface area contributed by atoms with E-state index >= 15 is 0 Å². The van der Waals surface area contributed by atoms with Gasteiger partial charge in [0.05, 0.1) is 16.7 Å². The van der Waals surface area contributed by atoms with Crippen molar-refractivity contribution in [3.8, 4) is 11.3 Å². The van der Waals surface area contributed by atoms with Crippen molar-refractivity contribution < 1.29 is 9.18 Å². The van der Waals surface area contributed by atoms with E-state index in [9.17, 15) is 14.0 Å². The van der Waals surface area contributed by atoms with E-state index in [1.807, 2.05) is 42.2 Å². The lowest BCUT2D eigenvalue weighted by molar-refractivity contribution is 0.0746. The molecule has 2 heterocycles. The van der Waals surface area contributed by atoms with E-state index in [0.717, 1.165) is 17.5 Å². The molecule has 0 spiro atoms. The maximum Gasteiger partial charge on any atom is 0.277 e. The van der Waals surface area contributed by atoms with E-state index < -0.39 is 0 Å². The van der Waals surface area contributed by atoms with E-state index in [2.05, 4.69) is 4.98 Å². The fourth-order valence-corrected chi connectivity index (χ4v) is 4.64. The van der Waals surface area contributed by atoms with E-state index in [0.29, 0.717) is 55.2 Å². The second-order valence-electron chi connectivity index (χ2n) is 8.71. The third kappa shape index (κ3) is 4.41. The number of aryl methyl sites for hydroxylation is 1. The van der Waals surface area contributed by atoms with Gasteiger partial charge in [-0.3, -0.25) is 9.59 Å². The van der Waals surface area contributed by atoms with Crippen molar-refractivity contribution in [2.75, 3.05) is 31.1 Å². The van der Waals surface area contributed by atoms with Crippen LogP contribution >= 0.6 is 0 Å². The Bertz CT molecular complexity index is 1420. The Kier molecular flexibility index (Phi) is 6.31. The van der Waals surface area contributed by atoms with Crippen molar-refractivity contribution >= 4 is 22.6 Å². The molecule has 6 nitrogen and oxygen atoms in total. The zero-order chi connectivity index (χ0) is 24.4. The summed E-state index contributed by atoms with van der Waals surface area (Å²) in [5.41, 5.74) is 3.66. The summed E-state index contributed by atoms with van der Waals surface area (Å²) in [5, 5.41) is 0. The lowest BCUT2D eigenvalue weighted by atomic mass is 10.1. The molecule has 0 aliphatic carbocycles. The minimum atomic E-state index is -0.247. The van der Waals surface area contributed by atoms with Gasteiger partial charge in [-0.2, -0.15) is 0 Å². The molecule has 0 atom stereocenters. The molecule has 0 bridgehead atoms. The first kappa shape index (κ1) is 22.8. The van der Waals surface area contributed by atoms with Crippen molar-refractivity contribution in [3.05, 3.63) is 94.5 Å². The van der Waals surface area contributed by atoms with E-state index in [-0.39, 0.29) is 17.3 Å². The molecular weight excluding hydrogens is 443 g/mol. The van der Waals surface area contributed by atoms with Crippen LogP contribution in [0.2, 0.25) is 0 Å². The van der Waals surface area contributed by atoms with Gasteiger partial charge in [-0.25, -0.2) is 9.37 Å². The molecule has 1 aliphatic rings. The van der Waals surface area contributed by atoms with E-state index in [1.54, 1.807) is 45.9 Å². The molecule has 3 aromatic carbocycles. The van der Waals surface area contributed by atoms with Gasteiger partial charge in [0.2, 0.25) is 0 Å². The number of carbonyl (C=O) groups excluding carboxylic acids is 1. The van der Waals surface area contributed by atoms with Crippen molar-refractivity contribution in [1.82, 2.24) is 14.5 Å². The van der Waals surface area contributed by atoms with Gasteiger partial charge in [0.15, 0.2) is 0 Å². The molecule has 1 amide bonds. The number of fused-ring (bicyclic) bond motifs is 1. The number of benzene rings is 3. The molecule has 178 valence electrons. The maximum absolute atomic E-state index is 14.1. The van der Waals surface area contributed by atoms with Crippen LogP contribution in [0.1, 0.15) is 23.7 Å². The predicted octanol–water partition coefficient (Wildman–Crippen LogP) is 4.58. The van der Waals surface area contributed by atoms with Gasteiger partial charge < -0.3 is 14.4 Å². The van der Waals surface area contributed by atoms with Gasteiger partial charge in [-0.05, 0) is 42.8 Å². The molecule has 0 saturated carbocycles. The van der Waals surface area contributed by atoms with Crippen LogP contribution in [0.4, 0.5) is 10.1 Å². The maximum atomic E-state index is 14.1. The fraction of sp³-hybridized carbons (Fsp3) is 0.250. The predicted molar refractivity (Wildman–Crippen MR) is 136 cm³/mol. The summed E-state index contributed by atoms with van der Waals surface area (Å²) >= 11 is 0. The van der Waals surface area contributed by atoms with Crippen LogP contribution in [0.3, 0.4) is 0 Å². The molecule has 0 unspecified atom stereocenters. The van der Waals surface area contributed by atoms with Crippen molar-refractivity contribution in [3.63, 3.8) is 0 Å². The topological polar surface area (TPSA) is 58.4 Å². The normalized spacial score (nSPS) is 13.9. The second kappa shape index (κ2) is 9.70. The number of hydrogen-bond donors (Lipinski definition) is 0. The monoisotopic (exact) mass is 470 g/mol. The SMILES string of the molecule is CCCn1c(=O)c(-c2ccc(C(=O)N3CCN(c4ccccc4F)CC3)cc2)nc2ccccc21. The summed E-state index contributed by atoms with van der Waals surface area (Å²) in [6, 6.07) is 21.4. The minimum Gasteiger partial charge on any atom is -0.366 e. The third-order valence-corrected chi connectivity index (χ3v) is 6.47. The summed E-state index contributed by atoms with van der Waals surface area (Å²) in [5.74, 6) is -0.317. The van der Waals surface area contributed by atoms with Crippen LogP contribution in [-0.4, -0.2) is 46.5 Å². The average Bonchev–Trinajstić information content (AvgIpc) is 2.90. The number of hydrogen-bond acceptors (Lipinski definition) is 4. The highest BCUT2D eigenvalue weighted by atomic mass is 19.1. The Labute approximate surface area is 203 Å². The van der Waals surface area contributed by atoms with Gasteiger partial charge in [0.25, 0.3) is 11.5 Å². The average molecular weight is 471 g/mol. The molecule has 7 heteroatoms. The number of halogens is 1. The summed E-state index contributed by atoms with van der Waals surface area (Å²) in [7, 11) is 0. The Morgan fingerprint density at radius 2 is 1.60 bits per heavy atom. The van der Waals surface area contributed by atoms with Crippen molar-refractivity contribution in [1.29, 1.82) is 0 Å². The summed E-state index contributed by atoms with van der Waals surface area (Å²) in [6.45, 7) is 4.83. The smallest absolute Gasteiger partial charge is 0.277 e. The Morgan fingerprint density at radius 3 is 2.31 bits per heavy atom. The summed E-state index contributed by atoms with van der Waals surface area (Å²) < 4.78 is 15.9. The molecule has 5 rings (SSSR count). The van der Waals surface area contributed by atoms with Crippen LogP contribution in [0.25, 0.3) is 22.3 Å². The van der Waals surface area contributed by atoms with Gasteiger partial charge in [-0.1, -0.05) is 43.3 Å². The number of aromatic nitrogens is 2. The number of anilines is 1. The zero-order valence-electron chi connectivity index (χ0n) is 19.7. The minimum absolute atomic E-state index is 0.0698. The quantitative estimate of drug-likeness (QED) is 0.429. The molecule has 1 saturated heterocycles. The van der Waals surface area contributed by atoms with E-state index in [1.165, 1.54) is 6.07 Å². The molecule has 1 aliphatic heterocycles. The van der Waals surface area contributed by atoms with Crippen LogP contribution in [0.5, 0.6) is 0 Å². The van der Waals surface area contributed by atoms with Crippen LogP contribution < -0.4 is 10.5 Å². The highest BCUT2D eigenvalue weighted by Gasteiger charge is 2.24. The van der Waals surface area contributed by atoms with Gasteiger partial charge in [0.1, 0.15) is 11.5 Å². The van der Waals surface area contributed by atoms with Crippen LogP contribution in [0, 0.1) is 5.82 Å². The van der Waals surface area contributed by atoms with Crippen LogP contribution in [-0.2, 0) is 6.54 Å². The number of rotatable bonds is 5. The van der Waals surface area contributed by atoms with Gasteiger partial charge in [-0.15, -0.1) is 0 Å². The van der Waals surface area contributed by atoms with Crippen LogP contribution in [0.15, 0.2) is 77.6 Å². The molecule has 0 radical (unpaired) electrons. The Balaban J connectivity index is 1.35. The Hall–Kier alpha value is -4.00. The summed E-state index contributed by atoms with van der Waals surface area (Å²) in [6.07, 6.45) is 0.838. The third-order valence-electron chi connectivity index (χ3n) is 6.47. The molecule has 1 aromatic heterocycles. The lowest BCUT2D eigenvalue weighted by Crippen LogP contribution is -2.49.